The fraction of sp³-hybridized carbons (Fsp3) is 0.667. The third kappa shape index (κ3) is 7.74. The summed E-state index contributed by atoms with van der Waals surface area (Å²) in [5.74, 6) is -2.22. The Morgan fingerprint density at radius 1 is 1.32 bits per heavy atom. The van der Waals surface area contributed by atoms with Gasteiger partial charge in [-0.1, -0.05) is 25.8 Å². The van der Waals surface area contributed by atoms with Crippen molar-refractivity contribution in [3.63, 3.8) is 0 Å². The fourth-order valence-corrected chi connectivity index (χ4v) is 2.51. The van der Waals surface area contributed by atoms with Gasteiger partial charge in [0.1, 0.15) is 12.1 Å². The average Bonchev–Trinajstić information content (AvgIpc) is 2.32. The van der Waals surface area contributed by atoms with E-state index in [0.29, 0.717) is 12.8 Å². The van der Waals surface area contributed by atoms with E-state index in [2.05, 4.69) is 11.9 Å². The first-order valence-electron chi connectivity index (χ1n) is 6.09. The van der Waals surface area contributed by atoms with Crippen molar-refractivity contribution in [2.24, 2.45) is 0 Å². The Bertz CT molecular complexity index is 345. The molecule has 3 N–H and O–H groups in total. The van der Waals surface area contributed by atoms with E-state index in [4.69, 9.17) is 10.2 Å². The molecule has 0 bridgehead atoms. The van der Waals surface area contributed by atoms with Crippen LogP contribution in [0.5, 0.6) is 0 Å². The van der Waals surface area contributed by atoms with Crippen LogP contribution in [0.25, 0.3) is 0 Å². The van der Waals surface area contributed by atoms with Crippen molar-refractivity contribution in [1.82, 2.24) is 5.32 Å². The van der Waals surface area contributed by atoms with E-state index >= 15 is 0 Å². The monoisotopic (exact) mass is 291 g/mol. The molecule has 0 aliphatic carbocycles. The fourth-order valence-electron chi connectivity index (χ4n) is 1.51. The highest BCUT2D eigenvalue weighted by molar-refractivity contribution is 7.85. The SMILES string of the molecule is C=CCS(=O)C[C@H](NC(CCCC)C(=O)O)C(=O)O. The minimum Gasteiger partial charge on any atom is -0.480 e. The molecule has 0 heterocycles. The Hall–Kier alpha value is -1.21. The van der Waals surface area contributed by atoms with Gasteiger partial charge in [-0.15, -0.1) is 6.58 Å². The van der Waals surface area contributed by atoms with E-state index < -0.39 is 34.8 Å². The molecule has 0 radical (unpaired) electrons. The molecule has 0 fully saturated rings. The Balaban J connectivity index is 4.60. The molecule has 7 heteroatoms. The molecule has 0 aromatic heterocycles. The van der Waals surface area contributed by atoms with Gasteiger partial charge in [-0.2, -0.15) is 0 Å². The molecule has 110 valence electrons. The number of carbonyl (C=O) groups is 2. The maximum atomic E-state index is 11.5. The molecule has 6 nitrogen and oxygen atoms in total. The average molecular weight is 291 g/mol. The van der Waals surface area contributed by atoms with Crippen molar-refractivity contribution in [2.75, 3.05) is 11.5 Å². The van der Waals surface area contributed by atoms with Crippen LogP contribution in [0.4, 0.5) is 0 Å². The normalized spacial score (nSPS) is 15.4. The van der Waals surface area contributed by atoms with Gasteiger partial charge < -0.3 is 10.2 Å². The number of hydrogen-bond acceptors (Lipinski definition) is 4. The van der Waals surface area contributed by atoms with Gasteiger partial charge in [-0.25, -0.2) is 0 Å². The molecule has 0 saturated carbocycles. The molecular formula is C12H21NO5S. The van der Waals surface area contributed by atoms with Crippen LogP contribution in [0, 0.1) is 0 Å². The highest BCUT2D eigenvalue weighted by Crippen LogP contribution is 2.03. The van der Waals surface area contributed by atoms with E-state index in [1.54, 1.807) is 0 Å². The predicted octanol–water partition coefficient (Wildman–Crippen LogP) is 0.607. The summed E-state index contributed by atoms with van der Waals surface area (Å²) in [7, 11) is -1.36. The van der Waals surface area contributed by atoms with Gasteiger partial charge in [0.05, 0.1) is 0 Å². The van der Waals surface area contributed by atoms with Crippen LogP contribution in [-0.2, 0) is 20.4 Å². The summed E-state index contributed by atoms with van der Waals surface area (Å²) in [4.78, 5) is 22.1. The minimum absolute atomic E-state index is 0.128. The van der Waals surface area contributed by atoms with Crippen LogP contribution in [-0.4, -0.2) is 49.9 Å². The highest BCUT2D eigenvalue weighted by Gasteiger charge is 2.26. The lowest BCUT2D eigenvalue weighted by atomic mass is 10.1. The van der Waals surface area contributed by atoms with E-state index in [1.807, 2.05) is 6.92 Å². The van der Waals surface area contributed by atoms with Crippen molar-refractivity contribution in [3.05, 3.63) is 12.7 Å². The van der Waals surface area contributed by atoms with Crippen LogP contribution in [0.2, 0.25) is 0 Å². The van der Waals surface area contributed by atoms with E-state index in [9.17, 15) is 13.8 Å². The number of unbranched alkanes of at least 4 members (excludes halogenated alkanes) is 1. The number of aliphatic carboxylic acids is 2. The Labute approximate surface area is 115 Å². The maximum Gasteiger partial charge on any atom is 0.321 e. The summed E-state index contributed by atoms with van der Waals surface area (Å²) in [5.41, 5.74) is 0. The van der Waals surface area contributed by atoms with Crippen molar-refractivity contribution in [1.29, 1.82) is 0 Å². The van der Waals surface area contributed by atoms with Gasteiger partial charge in [0.25, 0.3) is 0 Å². The molecule has 0 spiro atoms. The molecule has 0 aliphatic heterocycles. The van der Waals surface area contributed by atoms with Crippen LogP contribution >= 0.6 is 0 Å². The second kappa shape index (κ2) is 9.69. The molecular weight excluding hydrogens is 270 g/mol. The highest BCUT2D eigenvalue weighted by atomic mass is 32.2. The van der Waals surface area contributed by atoms with Crippen LogP contribution < -0.4 is 5.32 Å². The first-order chi connectivity index (χ1) is 8.92. The van der Waals surface area contributed by atoms with Crippen LogP contribution in [0.1, 0.15) is 26.2 Å². The lowest BCUT2D eigenvalue weighted by Crippen LogP contribution is -2.49. The summed E-state index contributed by atoms with van der Waals surface area (Å²) < 4.78 is 11.5. The molecule has 0 aromatic rings. The van der Waals surface area contributed by atoms with Crippen molar-refractivity contribution < 1.29 is 24.0 Å². The van der Waals surface area contributed by atoms with Gasteiger partial charge in [0.15, 0.2) is 0 Å². The zero-order valence-electron chi connectivity index (χ0n) is 11.0. The number of hydrogen-bond donors (Lipinski definition) is 3. The first-order valence-corrected chi connectivity index (χ1v) is 7.58. The van der Waals surface area contributed by atoms with Gasteiger partial charge in [0.2, 0.25) is 0 Å². The number of rotatable bonds is 11. The standard InChI is InChI=1S/C12H21NO5S/c1-3-5-6-9(11(14)15)13-10(12(16)17)8-19(18)7-4-2/h4,9-10,13H,2-3,5-8H2,1H3,(H,14,15)(H,16,17)/t9?,10-,19?/m0/s1. The molecule has 0 saturated heterocycles. The van der Waals surface area contributed by atoms with Gasteiger partial charge in [-0.05, 0) is 6.42 Å². The van der Waals surface area contributed by atoms with E-state index in [0.717, 1.165) is 6.42 Å². The topological polar surface area (TPSA) is 104 Å². The van der Waals surface area contributed by atoms with Crippen molar-refractivity contribution in [3.8, 4) is 0 Å². The zero-order valence-corrected chi connectivity index (χ0v) is 11.8. The summed E-state index contributed by atoms with van der Waals surface area (Å²) in [6, 6.07) is -2.06. The van der Waals surface area contributed by atoms with Crippen LogP contribution in [0.15, 0.2) is 12.7 Å². The molecule has 0 rings (SSSR count). The Kier molecular flexibility index (Phi) is 9.07. The molecule has 2 unspecified atom stereocenters. The summed E-state index contributed by atoms with van der Waals surface area (Å²) in [5, 5.41) is 20.6. The van der Waals surface area contributed by atoms with Crippen LogP contribution in [0.3, 0.4) is 0 Å². The quantitative estimate of drug-likeness (QED) is 0.482. The first kappa shape index (κ1) is 17.8. The summed E-state index contributed by atoms with van der Waals surface area (Å²) >= 11 is 0. The predicted molar refractivity (Wildman–Crippen MR) is 73.6 cm³/mol. The zero-order chi connectivity index (χ0) is 14.8. The Morgan fingerprint density at radius 3 is 2.32 bits per heavy atom. The largest absolute Gasteiger partial charge is 0.480 e. The van der Waals surface area contributed by atoms with E-state index in [-0.39, 0.29) is 11.5 Å². The smallest absolute Gasteiger partial charge is 0.321 e. The van der Waals surface area contributed by atoms with Crippen molar-refractivity contribution in [2.45, 2.75) is 38.3 Å². The molecule has 0 amide bonds. The lowest BCUT2D eigenvalue weighted by molar-refractivity contribution is -0.142. The third-order valence-corrected chi connectivity index (χ3v) is 3.81. The number of nitrogens with one attached hydrogen (secondary N) is 1. The molecule has 3 atom stereocenters. The maximum absolute atomic E-state index is 11.5. The van der Waals surface area contributed by atoms with Gasteiger partial charge in [-0.3, -0.25) is 19.1 Å². The minimum atomic E-state index is -1.36. The molecule has 19 heavy (non-hydrogen) atoms. The second-order valence-electron chi connectivity index (χ2n) is 4.15. The number of carboxylic acids is 2. The summed E-state index contributed by atoms with van der Waals surface area (Å²) in [6.07, 6.45) is 3.31. The lowest BCUT2D eigenvalue weighted by Gasteiger charge is -2.19. The van der Waals surface area contributed by atoms with Gasteiger partial charge in [0, 0.05) is 22.3 Å². The Morgan fingerprint density at radius 2 is 1.89 bits per heavy atom. The molecule has 0 aliphatic rings. The summed E-state index contributed by atoms with van der Waals surface area (Å²) in [6.45, 7) is 5.35. The third-order valence-electron chi connectivity index (χ3n) is 2.50. The molecule has 0 aromatic carbocycles. The van der Waals surface area contributed by atoms with E-state index in [1.165, 1.54) is 6.08 Å². The second-order valence-corrected chi connectivity index (χ2v) is 5.70. The number of carboxylic acid groups (broad SMARTS) is 2. The van der Waals surface area contributed by atoms with Gasteiger partial charge >= 0.3 is 11.9 Å². The van der Waals surface area contributed by atoms with Crippen molar-refractivity contribution >= 4 is 22.7 Å².